The lowest BCUT2D eigenvalue weighted by Crippen LogP contribution is -2.26. The molecular formula is C17H14ClN3OS. The van der Waals surface area contributed by atoms with Crippen LogP contribution >= 0.6 is 22.9 Å². The van der Waals surface area contributed by atoms with E-state index in [1.54, 1.807) is 36.7 Å². The highest BCUT2D eigenvalue weighted by Gasteiger charge is 2.16. The maximum atomic E-state index is 12.3. The number of aromatic nitrogens is 2. The van der Waals surface area contributed by atoms with Crippen molar-refractivity contribution in [3.63, 3.8) is 0 Å². The number of pyridine rings is 1. The van der Waals surface area contributed by atoms with Crippen LogP contribution in [0.1, 0.15) is 28.3 Å². The second-order valence-electron chi connectivity index (χ2n) is 4.99. The Morgan fingerprint density at radius 3 is 2.83 bits per heavy atom. The van der Waals surface area contributed by atoms with Gasteiger partial charge in [0, 0.05) is 23.3 Å². The Morgan fingerprint density at radius 2 is 2.09 bits per heavy atom. The molecule has 3 rings (SSSR count). The van der Waals surface area contributed by atoms with Crippen LogP contribution in [0, 0.1) is 0 Å². The summed E-state index contributed by atoms with van der Waals surface area (Å²) in [5.41, 5.74) is 2.28. The normalized spacial score (nSPS) is 11.9. The van der Waals surface area contributed by atoms with Crippen LogP contribution in [-0.4, -0.2) is 15.9 Å². The van der Waals surface area contributed by atoms with E-state index in [9.17, 15) is 4.79 Å². The molecule has 2 heterocycles. The van der Waals surface area contributed by atoms with Gasteiger partial charge in [-0.05, 0) is 31.2 Å². The van der Waals surface area contributed by atoms with Crippen molar-refractivity contribution in [2.75, 3.05) is 0 Å². The number of hydrogen-bond acceptors (Lipinski definition) is 4. The predicted molar refractivity (Wildman–Crippen MR) is 92.7 cm³/mol. The minimum atomic E-state index is -0.207. The quantitative estimate of drug-likeness (QED) is 0.766. The molecule has 0 spiro atoms. The zero-order valence-corrected chi connectivity index (χ0v) is 13.9. The number of amides is 1. The third-order valence-corrected chi connectivity index (χ3v) is 4.67. The standard InChI is InChI=1S/C17H14ClN3OS/c1-11(20-16(22)13-6-2-3-7-14(13)18)17-21-15(10-23-17)12-5-4-8-19-9-12/h2-11H,1H3,(H,20,22)/t11-/m1/s1. The van der Waals surface area contributed by atoms with E-state index in [0.29, 0.717) is 10.6 Å². The van der Waals surface area contributed by atoms with Crippen molar-refractivity contribution >= 4 is 28.8 Å². The SMILES string of the molecule is C[C@@H](NC(=O)c1ccccc1Cl)c1nc(-c2cccnc2)cs1. The zero-order valence-electron chi connectivity index (χ0n) is 12.4. The van der Waals surface area contributed by atoms with Crippen LogP contribution in [0.4, 0.5) is 0 Å². The van der Waals surface area contributed by atoms with Gasteiger partial charge in [-0.15, -0.1) is 11.3 Å². The minimum absolute atomic E-state index is 0.200. The van der Waals surface area contributed by atoms with Gasteiger partial charge in [-0.25, -0.2) is 4.98 Å². The van der Waals surface area contributed by atoms with E-state index in [4.69, 9.17) is 11.6 Å². The summed E-state index contributed by atoms with van der Waals surface area (Å²) < 4.78 is 0. The molecule has 6 heteroatoms. The summed E-state index contributed by atoms with van der Waals surface area (Å²) in [5, 5.41) is 6.16. The molecule has 2 aromatic heterocycles. The minimum Gasteiger partial charge on any atom is -0.343 e. The summed E-state index contributed by atoms with van der Waals surface area (Å²) in [4.78, 5) is 21.0. The monoisotopic (exact) mass is 343 g/mol. The van der Waals surface area contributed by atoms with Gasteiger partial charge in [-0.2, -0.15) is 0 Å². The molecule has 0 unspecified atom stereocenters. The van der Waals surface area contributed by atoms with Crippen molar-refractivity contribution in [3.8, 4) is 11.3 Å². The molecule has 23 heavy (non-hydrogen) atoms. The highest BCUT2D eigenvalue weighted by molar-refractivity contribution is 7.10. The third kappa shape index (κ3) is 3.57. The molecule has 0 bridgehead atoms. The molecule has 0 aliphatic rings. The fourth-order valence-corrected chi connectivity index (χ4v) is 3.17. The number of nitrogens with one attached hydrogen (secondary N) is 1. The number of rotatable bonds is 4. The van der Waals surface area contributed by atoms with E-state index in [2.05, 4.69) is 15.3 Å². The van der Waals surface area contributed by atoms with Crippen molar-refractivity contribution in [1.82, 2.24) is 15.3 Å². The van der Waals surface area contributed by atoms with Crippen LogP contribution in [0.5, 0.6) is 0 Å². The van der Waals surface area contributed by atoms with Crippen LogP contribution in [0.25, 0.3) is 11.3 Å². The Labute approximate surface area is 143 Å². The molecule has 0 aliphatic carbocycles. The lowest BCUT2D eigenvalue weighted by molar-refractivity contribution is 0.0940. The molecule has 0 radical (unpaired) electrons. The average Bonchev–Trinajstić information content (AvgIpc) is 3.06. The number of carbonyl (C=O) groups is 1. The maximum Gasteiger partial charge on any atom is 0.253 e. The smallest absolute Gasteiger partial charge is 0.253 e. The Kier molecular flexibility index (Phi) is 4.69. The second kappa shape index (κ2) is 6.89. The molecule has 0 fully saturated rings. The average molecular weight is 344 g/mol. The van der Waals surface area contributed by atoms with Crippen molar-refractivity contribution in [2.24, 2.45) is 0 Å². The largest absolute Gasteiger partial charge is 0.343 e. The Bertz CT molecular complexity index is 819. The first-order chi connectivity index (χ1) is 11.1. The molecule has 1 N–H and O–H groups in total. The molecule has 0 saturated heterocycles. The number of carbonyl (C=O) groups excluding carboxylic acids is 1. The highest BCUT2D eigenvalue weighted by Crippen LogP contribution is 2.25. The van der Waals surface area contributed by atoms with Gasteiger partial charge in [-0.3, -0.25) is 9.78 Å². The highest BCUT2D eigenvalue weighted by atomic mass is 35.5. The van der Waals surface area contributed by atoms with Crippen LogP contribution < -0.4 is 5.32 Å². The number of halogens is 1. The summed E-state index contributed by atoms with van der Waals surface area (Å²) in [6.45, 7) is 1.90. The number of benzene rings is 1. The molecule has 4 nitrogen and oxygen atoms in total. The second-order valence-corrected chi connectivity index (χ2v) is 6.28. The van der Waals surface area contributed by atoms with Gasteiger partial charge < -0.3 is 5.32 Å². The van der Waals surface area contributed by atoms with Gasteiger partial charge in [0.05, 0.1) is 22.3 Å². The summed E-state index contributed by atoms with van der Waals surface area (Å²) >= 11 is 7.56. The molecule has 116 valence electrons. The van der Waals surface area contributed by atoms with Crippen LogP contribution in [0.3, 0.4) is 0 Å². The van der Waals surface area contributed by atoms with Gasteiger partial charge in [0.15, 0.2) is 0 Å². The van der Waals surface area contributed by atoms with Crippen LogP contribution in [0.2, 0.25) is 5.02 Å². The van der Waals surface area contributed by atoms with Crippen LogP contribution in [0.15, 0.2) is 54.2 Å². The first-order valence-electron chi connectivity index (χ1n) is 7.06. The van der Waals surface area contributed by atoms with Gasteiger partial charge in [0.25, 0.3) is 5.91 Å². The first-order valence-corrected chi connectivity index (χ1v) is 8.32. The van der Waals surface area contributed by atoms with E-state index in [-0.39, 0.29) is 11.9 Å². The van der Waals surface area contributed by atoms with Crippen molar-refractivity contribution in [1.29, 1.82) is 0 Å². The Balaban J connectivity index is 1.74. The van der Waals surface area contributed by atoms with Crippen molar-refractivity contribution in [3.05, 3.63) is 69.8 Å². The fourth-order valence-electron chi connectivity index (χ4n) is 2.11. The van der Waals surface area contributed by atoms with E-state index < -0.39 is 0 Å². The molecule has 1 amide bonds. The van der Waals surface area contributed by atoms with E-state index >= 15 is 0 Å². The third-order valence-electron chi connectivity index (χ3n) is 3.32. The van der Waals surface area contributed by atoms with Gasteiger partial charge >= 0.3 is 0 Å². The van der Waals surface area contributed by atoms with Gasteiger partial charge in [0.1, 0.15) is 5.01 Å². The molecule has 1 atom stereocenters. The zero-order chi connectivity index (χ0) is 16.2. The summed E-state index contributed by atoms with van der Waals surface area (Å²) in [5.74, 6) is -0.207. The molecule has 1 aromatic carbocycles. The predicted octanol–water partition coefficient (Wildman–Crippen LogP) is 4.35. The van der Waals surface area contributed by atoms with Gasteiger partial charge in [0.2, 0.25) is 0 Å². The molecule has 0 aliphatic heterocycles. The number of nitrogens with zero attached hydrogens (tertiary/aromatic N) is 2. The summed E-state index contributed by atoms with van der Waals surface area (Å²) in [7, 11) is 0. The summed E-state index contributed by atoms with van der Waals surface area (Å²) in [6.07, 6.45) is 3.50. The van der Waals surface area contributed by atoms with Crippen molar-refractivity contribution < 1.29 is 4.79 Å². The lowest BCUT2D eigenvalue weighted by Gasteiger charge is -2.12. The number of hydrogen-bond donors (Lipinski definition) is 1. The lowest BCUT2D eigenvalue weighted by atomic mass is 10.2. The molecule has 0 saturated carbocycles. The fraction of sp³-hybridized carbons (Fsp3) is 0.118. The van der Waals surface area contributed by atoms with Crippen LogP contribution in [-0.2, 0) is 0 Å². The van der Waals surface area contributed by atoms with Gasteiger partial charge in [-0.1, -0.05) is 23.7 Å². The Hall–Kier alpha value is -2.24. The van der Waals surface area contributed by atoms with E-state index in [1.165, 1.54) is 11.3 Å². The molecular weight excluding hydrogens is 330 g/mol. The first kappa shape index (κ1) is 15.6. The van der Waals surface area contributed by atoms with E-state index in [1.807, 2.05) is 24.4 Å². The number of thiazole rings is 1. The van der Waals surface area contributed by atoms with E-state index in [0.717, 1.165) is 16.3 Å². The van der Waals surface area contributed by atoms with Crippen molar-refractivity contribution in [2.45, 2.75) is 13.0 Å². The Morgan fingerprint density at radius 1 is 1.26 bits per heavy atom. The maximum absolute atomic E-state index is 12.3. The molecule has 3 aromatic rings. The topological polar surface area (TPSA) is 54.9 Å². The summed E-state index contributed by atoms with van der Waals surface area (Å²) in [6, 6.07) is 10.6.